The van der Waals surface area contributed by atoms with Gasteiger partial charge in [-0.15, -0.1) is 0 Å². The van der Waals surface area contributed by atoms with E-state index in [1.54, 1.807) is 0 Å². The molecule has 2 aromatic carbocycles. The molecule has 0 aromatic heterocycles. The summed E-state index contributed by atoms with van der Waals surface area (Å²) in [5.41, 5.74) is 0.743. The summed E-state index contributed by atoms with van der Waals surface area (Å²) in [5.74, 6) is 1.89. The third kappa shape index (κ3) is 4.48. The van der Waals surface area contributed by atoms with Crippen molar-refractivity contribution in [2.75, 3.05) is 26.2 Å². The highest BCUT2D eigenvalue weighted by Crippen LogP contribution is 2.52. The molecule has 0 radical (unpaired) electrons. The smallest absolute Gasteiger partial charge is 0.259 e. The van der Waals surface area contributed by atoms with Gasteiger partial charge in [0.05, 0.1) is 0 Å². The second-order valence-corrected chi connectivity index (χ2v) is 10.5. The molecule has 1 aliphatic heterocycles. The second kappa shape index (κ2) is 9.60. The number of aliphatic hydroxyl groups is 1. The number of amides is 1. The highest BCUT2D eigenvalue weighted by Gasteiger charge is 2.57. The van der Waals surface area contributed by atoms with Gasteiger partial charge in [0, 0.05) is 38.6 Å². The Morgan fingerprint density at radius 1 is 0.970 bits per heavy atom. The molecule has 0 bridgehead atoms. The maximum Gasteiger partial charge on any atom is 0.259 e. The maximum absolute atomic E-state index is 13.9. The fraction of sp³-hybridized carbons (Fsp3) is 0.552. The molecule has 1 amide bonds. The van der Waals surface area contributed by atoms with Crippen LogP contribution < -0.4 is 0 Å². The Kier molecular flexibility index (Phi) is 6.58. The lowest BCUT2D eigenvalue weighted by Gasteiger charge is -2.41. The van der Waals surface area contributed by atoms with Crippen molar-refractivity contribution in [1.82, 2.24) is 9.80 Å². The SMILES string of the molecule is CCN(CC1C2CN(Cc3ccccc3)CC21)C(=O)[C@@](O)(c1ccccc1)C1CCCCC1. The van der Waals surface area contributed by atoms with Gasteiger partial charge >= 0.3 is 0 Å². The van der Waals surface area contributed by atoms with Gasteiger partial charge in [0.25, 0.3) is 5.91 Å². The molecule has 4 nitrogen and oxygen atoms in total. The van der Waals surface area contributed by atoms with Gasteiger partial charge in [0.1, 0.15) is 0 Å². The van der Waals surface area contributed by atoms with Crippen molar-refractivity contribution in [2.24, 2.45) is 23.7 Å². The van der Waals surface area contributed by atoms with Gasteiger partial charge in [0.15, 0.2) is 5.60 Å². The van der Waals surface area contributed by atoms with E-state index in [4.69, 9.17) is 0 Å². The molecule has 1 saturated heterocycles. The summed E-state index contributed by atoms with van der Waals surface area (Å²) in [7, 11) is 0. The number of carbonyl (C=O) groups is 1. The first kappa shape index (κ1) is 22.6. The van der Waals surface area contributed by atoms with Crippen LogP contribution in [0.1, 0.15) is 50.2 Å². The predicted octanol–water partition coefficient (Wildman–Crippen LogP) is 4.68. The number of hydrogen-bond acceptors (Lipinski definition) is 3. The summed E-state index contributed by atoms with van der Waals surface area (Å²) in [5, 5.41) is 12.0. The average Bonchev–Trinajstić information content (AvgIpc) is 3.31. The molecule has 2 saturated carbocycles. The molecule has 4 heteroatoms. The zero-order valence-corrected chi connectivity index (χ0v) is 19.9. The normalized spacial score (nSPS) is 27.0. The van der Waals surface area contributed by atoms with Crippen LogP contribution in [0.4, 0.5) is 0 Å². The Morgan fingerprint density at radius 3 is 2.18 bits per heavy atom. The lowest BCUT2D eigenvalue weighted by Crippen LogP contribution is -2.52. The molecule has 1 N–H and O–H groups in total. The lowest BCUT2D eigenvalue weighted by atomic mass is 9.72. The minimum Gasteiger partial charge on any atom is -0.375 e. The number of carbonyl (C=O) groups excluding carboxylic acids is 1. The van der Waals surface area contributed by atoms with Crippen molar-refractivity contribution >= 4 is 5.91 Å². The third-order valence-corrected chi connectivity index (χ3v) is 8.53. The van der Waals surface area contributed by atoms with Crippen molar-refractivity contribution in [3.8, 4) is 0 Å². The quantitative estimate of drug-likeness (QED) is 0.640. The summed E-state index contributed by atoms with van der Waals surface area (Å²) in [6.07, 6.45) is 5.26. The van der Waals surface area contributed by atoms with Crippen LogP contribution in [0, 0.1) is 23.7 Å². The van der Waals surface area contributed by atoms with Crippen molar-refractivity contribution in [3.63, 3.8) is 0 Å². The van der Waals surface area contributed by atoms with Gasteiger partial charge in [-0.25, -0.2) is 0 Å². The number of hydrogen-bond donors (Lipinski definition) is 1. The number of nitrogens with zero attached hydrogens (tertiary/aromatic N) is 2. The molecule has 0 spiro atoms. The summed E-state index contributed by atoms with van der Waals surface area (Å²) in [6, 6.07) is 20.4. The highest BCUT2D eigenvalue weighted by atomic mass is 16.3. The first-order valence-corrected chi connectivity index (χ1v) is 12.9. The fourth-order valence-corrected chi connectivity index (χ4v) is 6.58. The van der Waals surface area contributed by atoms with Crippen LogP contribution >= 0.6 is 0 Å². The van der Waals surface area contributed by atoms with E-state index < -0.39 is 5.60 Å². The summed E-state index contributed by atoms with van der Waals surface area (Å²) in [6.45, 7) is 6.77. The summed E-state index contributed by atoms with van der Waals surface area (Å²) >= 11 is 0. The maximum atomic E-state index is 13.9. The van der Waals surface area contributed by atoms with Crippen LogP contribution in [0.5, 0.6) is 0 Å². The van der Waals surface area contributed by atoms with Gasteiger partial charge < -0.3 is 10.0 Å². The Hall–Kier alpha value is -2.17. The Bertz CT molecular complexity index is 915. The van der Waals surface area contributed by atoms with Gasteiger partial charge in [0.2, 0.25) is 0 Å². The molecular formula is C29H38N2O2. The van der Waals surface area contributed by atoms with Crippen LogP contribution in [0.3, 0.4) is 0 Å². The second-order valence-electron chi connectivity index (χ2n) is 10.5. The van der Waals surface area contributed by atoms with E-state index in [2.05, 4.69) is 42.2 Å². The van der Waals surface area contributed by atoms with Crippen LogP contribution in [-0.2, 0) is 16.9 Å². The van der Waals surface area contributed by atoms with E-state index in [-0.39, 0.29) is 11.8 Å². The number of likely N-dealkylation sites (tertiary alicyclic amines) is 1. The largest absolute Gasteiger partial charge is 0.375 e. The molecule has 2 aromatic rings. The summed E-state index contributed by atoms with van der Waals surface area (Å²) in [4.78, 5) is 18.5. The highest BCUT2D eigenvalue weighted by molar-refractivity contribution is 5.87. The molecule has 33 heavy (non-hydrogen) atoms. The topological polar surface area (TPSA) is 43.8 Å². The number of fused-ring (bicyclic) bond motifs is 1. The van der Waals surface area contributed by atoms with Crippen molar-refractivity contribution in [3.05, 3.63) is 71.8 Å². The van der Waals surface area contributed by atoms with E-state index in [0.717, 1.165) is 57.4 Å². The van der Waals surface area contributed by atoms with Crippen LogP contribution in [0.2, 0.25) is 0 Å². The molecule has 2 unspecified atom stereocenters. The van der Waals surface area contributed by atoms with E-state index in [1.165, 1.54) is 12.0 Å². The Labute approximate surface area is 198 Å². The molecule has 3 atom stereocenters. The minimum atomic E-state index is -1.40. The van der Waals surface area contributed by atoms with Crippen LogP contribution in [0.25, 0.3) is 0 Å². The fourth-order valence-electron chi connectivity index (χ4n) is 6.58. The first-order chi connectivity index (χ1) is 16.1. The molecule has 176 valence electrons. The Balaban J connectivity index is 1.25. The number of piperidine rings is 1. The number of rotatable bonds is 8. The number of benzene rings is 2. The van der Waals surface area contributed by atoms with E-state index in [9.17, 15) is 9.90 Å². The lowest BCUT2D eigenvalue weighted by molar-refractivity contribution is -0.161. The zero-order chi connectivity index (χ0) is 22.8. The van der Waals surface area contributed by atoms with Crippen molar-refractivity contribution < 1.29 is 9.90 Å². The zero-order valence-electron chi connectivity index (χ0n) is 19.9. The molecule has 2 aliphatic carbocycles. The summed E-state index contributed by atoms with van der Waals surface area (Å²) < 4.78 is 0. The molecule has 1 heterocycles. The Morgan fingerprint density at radius 2 is 1.58 bits per heavy atom. The van der Waals surface area contributed by atoms with Gasteiger partial charge in [-0.2, -0.15) is 0 Å². The van der Waals surface area contributed by atoms with Gasteiger partial charge in [-0.05, 0) is 48.6 Å². The van der Waals surface area contributed by atoms with Crippen LogP contribution in [-0.4, -0.2) is 47.0 Å². The molecule has 3 aliphatic rings. The minimum absolute atomic E-state index is 0.00951. The van der Waals surface area contributed by atoms with Crippen molar-refractivity contribution in [2.45, 2.75) is 51.2 Å². The monoisotopic (exact) mass is 446 g/mol. The van der Waals surface area contributed by atoms with Gasteiger partial charge in [-0.1, -0.05) is 79.9 Å². The first-order valence-electron chi connectivity index (χ1n) is 12.9. The molecule has 3 fully saturated rings. The predicted molar refractivity (Wildman–Crippen MR) is 131 cm³/mol. The van der Waals surface area contributed by atoms with Gasteiger partial charge in [-0.3, -0.25) is 9.69 Å². The average molecular weight is 447 g/mol. The number of likely N-dealkylation sites (N-methyl/N-ethyl adjacent to an activating group) is 1. The standard InChI is InChI=1S/C29H38N2O2/c1-2-31(21-27-25-19-30(20-26(25)27)18-22-12-6-3-7-13-22)28(32)29(33,23-14-8-4-9-15-23)24-16-10-5-11-17-24/h3-4,6-9,12-15,24-27,33H,2,5,10-11,16-21H2,1H3/t25?,26?,27?,29-/m1/s1. The third-order valence-electron chi connectivity index (χ3n) is 8.53. The van der Waals surface area contributed by atoms with E-state index in [1.807, 2.05) is 35.2 Å². The van der Waals surface area contributed by atoms with E-state index in [0.29, 0.717) is 24.3 Å². The van der Waals surface area contributed by atoms with E-state index >= 15 is 0 Å². The molecular weight excluding hydrogens is 408 g/mol. The van der Waals surface area contributed by atoms with Crippen molar-refractivity contribution in [1.29, 1.82) is 0 Å². The molecule has 5 rings (SSSR count). The van der Waals surface area contributed by atoms with Crippen LogP contribution in [0.15, 0.2) is 60.7 Å².